The second-order valence-corrected chi connectivity index (χ2v) is 5.98. The first-order valence-electron chi connectivity index (χ1n) is 6.70. The summed E-state index contributed by atoms with van der Waals surface area (Å²) in [7, 11) is 0. The Morgan fingerprint density at radius 2 is 2.21 bits per heavy atom. The van der Waals surface area contributed by atoms with Crippen molar-refractivity contribution in [1.29, 1.82) is 0 Å². The van der Waals surface area contributed by atoms with Crippen LogP contribution in [0.4, 0.5) is 0 Å². The molecule has 98 valence electrons. The lowest BCUT2D eigenvalue weighted by Crippen LogP contribution is -2.28. The number of nitrogens with one attached hydrogen (secondary N) is 1. The molecule has 2 bridgehead atoms. The number of hydrogen-bond donors (Lipinski definition) is 1. The first-order chi connectivity index (χ1) is 9.20. The van der Waals surface area contributed by atoms with Gasteiger partial charge in [0.15, 0.2) is 5.76 Å². The Hall–Kier alpha value is -1.32. The van der Waals surface area contributed by atoms with E-state index in [0.29, 0.717) is 22.9 Å². The topological polar surface area (TPSA) is 42.2 Å². The van der Waals surface area contributed by atoms with Gasteiger partial charge < -0.3 is 9.73 Å². The highest BCUT2D eigenvalue weighted by molar-refractivity contribution is 6.31. The van der Waals surface area contributed by atoms with Crippen molar-refractivity contribution in [3.05, 3.63) is 35.0 Å². The first-order valence-corrected chi connectivity index (χ1v) is 7.08. The van der Waals surface area contributed by atoms with E-state index in [0.717, 1.165) is 23.8 Å². The summed E-state index contributed by atoms with van der Waals surface area (Å²) in [6, 6.07) is 8.10. The van der Waals surface area contributed by atoms with Crippen LogP contribution in [-0.2, 0) is 0 Å². The van der Waals surface area contributed by atoms with Gasteiger partial charge in [-0.2, -0.15) is 0 Å². The molecule has 4 rings (SSSR count). The van der Waals surface area contributed by atoms with Gasteiger partial charge in [-0.15, -0.1) is 0 Å². The summed E-state index contributed by atoms with van der Waals surface area (Å²) in [4.78, 5) is 12.5. The average molecular weight is 276 g/mol. The van der Waals surface area contributed by atoms with Crippen LogP contribution in [0.15, 0.2) is 28.7 Å². The van der Waals surface area contributed by atoms with Crippen molar-refractivity contribution in [3.63, 3.8) is 0 Å². The number of fused-ring (bicyclic) bond motifs is 3. The smallest absolute Gasteiger partial charge is 0.202 e. The Labute approximate surface area is 115 Å². The lowest BCUT2D eigenvalue weighted by molar-refractivity contribution is 0.0874. The minimum absolute atomic E-state index is 0.0785. The number of benzene rings is 1. The van der Waals surface area contributed by atoms with E-state index in [2.05, 4.69) is 5.32 Å². The van der Waals surface area contributed by atoms with Gasteiger partial charge in [0.25, 0.3) is 0 Å². The predicted octanol–water partition coefficient (Wildman–Crippen LogP) is 3.41. The van der Waals surface area contributed by atoms with Crippen LogP contribution in [0.5, 0.6) is 0 Å². The molecule has 4 heteroatoms. The van der Waals surface area contributed by atoms with Gasteiger partial charge in [0.1, 0.15) is 5.58 Å². The second-order valence-electron chi connectivity index (χ2n) is 5.55. The zero-order valence-electron chi connectivity index (χ0n) is 10.4. The maximum Gasteiger partial charge on any atom is 0.202 e. The molecule has 2 fully saturated rings. The summed E-state index contributed by atoms with van der Waals surface area (Å²) < 4.78 is 5.67. The molecule has 0 spiro atoms. The van der Waals surface area contributed by atoms with Gasteiger partial charge in [-0.1, -0.05) is 11.6 Å². The fourth-order valence-electron chi connectivity index (χ4n) is 3.43. The van der Waals surface area contributed by atoms with Crippen LogP contribution in [0.3, 0.4) is 0 Å². The Morgan fingerprint density at radius 1 is 1.32 bits per heavy atom. The Morgan fingerprint density at radius 3 is 2.95 bits per heavy atom. The molecule has 2 saturated heterocycles. The monoisotopic (exact) mass is 275 g/mol. The van der Waals surface area contributed by atoms with E-state index in [-0.39, 0.29) is 11.7 Å². The molecule has 0 aliphatic carbocycles. The molecule has 0 amide bonds. The van der Waals surface area contributed by atoms with Crippen LogP contribution in [0, 0.1) is 5.92 Å². The van der Waals surface area contributed by atoms with Gasteiger partial charge in [0, 0.05) is 28.4 Å². The highest BCUT2D eigenvalue weighted by Crippen LogP contribution is 2.36. The fourth-order valence-corrected chi connectivity index (χ4v) is 3.61. The zero-order chi connectivity index (χ0) is 13.0. The number of Topliss-reactive ketones (excluding diaryl/α,β-unsaturated/α-hetero) is 1. The molecule has 1 aromatic carbocycles. The van der Waals surface area contributed by atoms with Crippen LogP contribution in [0.2, 0.25) is 5.02 Å². The zero-order valence-corrected chi connectivity index (χ0v) is 11.1. The molecule has 3 nitrogen and oxygen atoms in total. The quantitative estimate of drug-likeness (QED) is 0.854. The van der Waals surface area contributed by atoms with Crippen molar-refractivity contribution < 1.29 is 9.21 Å². The van der Waals surface area contributed by atoms with Gasteiger partial charge in [-0.05, 0) is 43.5 Å². The summed E-state index contributed by atoms with van der Waals surface area (Å²) in [5.74, 6) is 0.679. The Balaban J connectivity index is 1.68. The van der Waals surface area contributed by atoms with Crippen molar-refractivity contribution in [2.45, 2.75) is 31.3 Å². The molecule has 19 heavy (non-hydrogen) atoms. The highest BCUT2D eigenvalue weighted by Gasteiger charge is 2.43. The van der Waals surface area contributed by atoms with Gasteiger partial charge in [0.2, 0.25) is 5.78 Å². The SMILES string of the molecule is O=C(c1cc2cc(Cl)ccc2o1)C1CC2CCC1N2. The molecule has 1 N–H and O–H groups in total. The summed E-state index contributed by atoms with van der Waals surface area (Å²) >= 11 is 5.95. The van der Waals surface area contributed by atoms with Crippen LogP contribution >= 0.6 is 11.6 Å². The van der Waals surface area contributed by atoms with Crippen molar-refractivity contribution in [2.24, 2.45) is 5.92 Å². The van der Waals surface area contributed by atoms with Crippen molar-refractivity contribution >= 4 is 28.4 Å². The van der Waals surface area contributed by atoms with Crippen LogP contribution < -0.4 is 5.32 Å². The standard InChI is InChI=1S/C15H14ClNO2/c16-9-1-4-13-8(5-9)6-14(19-13)15(18)11-7-10-2-3-12(11)17-10/h1,4-6,10-12,17H,2-3,7H2. The lowest BCUT2D eigenvalue weighted by atomic mass is 9.85. The largest absolute Gasteiger partial charge is 0.453 e. The third-order valence-electron chi connectivity index (χ3n) is 4.36. The molecular weight excluding hydrogens is 262 g/mol. The van der Waals surface area contributed by atoms with Gasteiger partial charge >= 0.3 is 0 Å². The second kappa shape index (κ2) is 4.09. The van der Waals surface area contributed by atoms with E-state index >= 15 is 0 Å². The predicted molar refractivity (Wildman–Crippen MR) is 73.6 cm³/mol. The maximum absolute atomic E-state index is 12.5. The van der Waals surface area contributed by atoms with Crippen molar-refractivity contribution in [3.8, 4) is 0 Å². The number of carbonyl (C=O) groups is 1. The molecule has 2 aromatic rings. The van der Waals surface area contributed by atoms with E-state index in [1.54, 1.807) is 6.07 Å². The maximum atomic E-state index is 12.5. The molecule has 3 atom stereocenters. The number of furan rings is 1. The van der Waals surface area contributed by atoms with Crippen LogP contribution in [0.1, 0.15) is 29.8 Å². The minimum Gasteiger partial charge on any atom is -0.453 e. The van der Waals surface area contributed by atoms with E-state index < -0.39 is 0 Å². The van der Waals surface area contributed by atoms with Gasteiger partial charge in [-0.3, -0.25) is 4.79 Å². The van der Waals surface area contributed by atoms with Crippen molar-refractivity contribution in [2.75, 3.05) is 0 Å². The third kappa shape index (κ3) is 1.80. The van der Waals surface area contributed by atoms with Gasteiger partial charge in [-0.25, -0.2) is 0 Å². The summed E-state index contributed by atoms with van der Waals surface area (Å²) in [6.07, 6.45) is 3.25. The molecule has 0 saturated carbocycles. The van der Waals surface area contributed by atoms with Crippen LogP contribution in [0.25, 0.3) is 11.0 Å². The summed E-state index contributed by atoms with van der Waals surface area (Å²) in [6.45, 7) is 0. The molecule has 2 aliphatic rings. The summed E-state index contributed by atoms with van der Waals surface area (Å²) in [5.41, 5.74) is 0.726. The van der Waals surface area contributed by atoms with E-state index in [4.69, 9.17) is 16.0 Å². The molecule has 3 heterocycles. The molecular formula is C15H14ClNO2. The third-order valence-corrected chi connectivity index (χ3v) is 4.59. The number of ketones is 1. The highest BCUT2D eigenvalue weighted by atomic mass is 35.5. The van der Waals surface area contributed by atoms with E-state index in [9.17, 15) is 4.79 Å². The van der Waals surface area contributed by atoms with E-state index in [1.165, 1.54) is 6.42 Å². The number of halogens is 1. The molecule has 0 radical (unpaired) electrons. The number of carbonyl (C=O) groups excluding carboxylic acids is 1. The van der Waals surface area contributed by atoms with E-state index in [1.807, 2.05) is 18.2 Å². The van der Waals surface area contributed by atoms with Crippen molar-refractivity contribution in [1.82, 2.24) is 5.32 Å². The Bertz CT molecular complexity index is 663. The summed E-state index contributed by atoms with van der Waals surface area (Å²) in [5, 5.41) is 5.04. The first kappa shape index (κ1) is 11.5. The number of hydrogen-bond acceptors (Lipinski definition) is 3. The normalized spacial score (nSPS) is 29.2. The van der Waals surface area contributed by atoms with Gasteiger partial charge in [0.05, 0.1) is 0 Å². The molecule has 3 unspecified atom stereocenters. The minimum atomic E-state index is 0.0785. The van der Waals surface area contributed by atoms with Crippen LogP contribution in [-0.4, -0.2) is 17.9 Å². The molecule has 2 aliphatic heterocycles. The lowest BCUT2D eigenvalue weighted by Gasteiger charge is -2.17. The number of rotatable bonds is 2. The molecule has 1 aromatic heterocycles. The Kier molecular flexibility index (Phi) is 2.47. The average Bonchev–Trinajstić information content (AvgIpc) is 3.11. The fraction of sp³-hybridized carbons (Fsp3) is 0.400.